The van der Waals surface area contributed by atoms with Crippen molar-refractivity contribution in [1.29, 1.82) is 0 Å². The highest BCUT2D eigenvalue weighted by Crippen LogP contribution is 2.34. The second kappa shape index (κ2) is 6.84. The van der Waals surface area contributed by atoms with Crippen LogP contribution in [0.15, 0.2) is 24.3 Å². The van der Waals surface area contributed by atoms with Crippen molar-refractivity contribution in [3.8, 4) is 0 Å². The molecular weight excluding hydrogens is 342 g/mol. The molecule has 2 bridgehead atoms. The minimum Gasteiger partial charge on any atom is -0.370 e. The van der Waals surface area contributed by atoms with Crippen LogP contribution in [0.1, 0.15) is 19.3 Å². The molecule has 6 nitrogen and oxygen atoms in total. The summed E-state index contributed by atoms with van der Waals surface area (Å²) in [4.78, 5) is 28.9. The van der Waals surface area contributed by atoms with E-state index >= 15 is 0 Å². The molecule has 3 heterocycles. The zero-order chi connectivity index (χ0) is 17.4. The fourth-order valence-electron chi connectivity index (χ4n) is 3.99. The van der Waals surface area contributed by atoms with Gasteiger partial charge in [0, 0.05) is 36.9 Å². The van der Waals surface area contributed by atoms with Crippen LogP contribution in [0.3, 0.4) is 0 Å². The van der Waals surface area contributed by atoms with Gasteiger partial charge in [-0.25, -0.2) is 4.79 Å². The van der Waals surface area contributed by atoms with E-state index in [4.69, 9.17) is 16.3 Å². The van der Waals surface area contributed by atoms with Gasteiger partial charge in [-0.3, -0.25) is 4.79 Å². The first-order chi connectivity index (χ1) is 12.1. The lowest BCUT2D eigenvalue weighted by molar-refractivity contribution is -0.137. The summed E-state index contributed by atoms with van der Waals surface area (Å²) in [6.07, 6.45) is 2.64. The van der Waals surface area contributed by atoms with Crippen molar-refractivity contribution in [3.63, 3.8) is 0 Å². The maximum atomic E-state index is 12.7. The number of nitrogens with one attached hydrogen (secondary N) is 1. The molecule has 1 aromatic rings. The number of likely N-dealkylation sites (tertiary alicyclic amines) is 2. The van der Waals surface area contributed by atoms with Gasteiger partial charge in [-0.1, -0.05) is 11.6 Å². The Kier molecular flexibility index (Phi) is 4.56. The highest BCUT2D eigenvalue weighted by molar-refractivity contribution is 6.30. The molecule has 3 fully saturated rings. The van der Waals surface area contributed by atoms with Crippen molar-refractivity contribution in [3.05, 3.63) is 29.3 Å². The third-order valence-electron chi connectivity index (χ3n) is 5.27. The van der Waals surface area contributed by atoms with Crippen LogP contribution in [0.4, 0.5) is 10.5 Å². The standard InChI is InChI=1S/C18H22ClN3O3/c19-12-3-5-13(6-4-12)20-18(24)22-10-14-9-15(16(11-22)25-14)17(23)21-7-1-2-8-21/h3-6,14-16H,1-2,7-11H2,(H,20,24)/t14-,15-,16-/m1/s1. The predicted octanol–water partition coefficient (Wildman–Crippen LogP) is 2.58. The van der Waals surface area contributed by atoms with E-state index in [-0.39, 0.29) is 30.1 Å². The van der Waals surface area contributed by atoms with Crippen molar-refractivity contribution >= 4 is 29.2 Å². The smallest absolute Gasteiger partial charge is 0.322 e. The zero-order valence-corrected chi connectivity index (χ0v) is 14.7. The molecule has 3 aliphatic rings. The van der Waals surface area contributed by atoms with Crippen LogP contribution in [0.2, 0.25) is 5.02 Å². The Bertz CT molecular complexity index is 660. The summed E-state index contributed by atoms with van der Waals surface area (Å²) >= 11 is 5.87. The van der Waals surface area contributed by atoms with E-state index in [2.05, 4.69) is 5.32 Å². The van der Waals surface area contributed by atoms with Gasteiger partial charge in [0.1, 0.15) is 0 Å². The SMILES string of the molecule is O=C(Nc1ccc(Cl)cc1)N1C[C@H]2C[C@@H](C(=O)N3CCCC3)[C@@H](C1)O2. The molecule has 1 aromatic carbocycles. The number of hydrogen-bond acceptors (Lipinski definition) is 3. The first kappa shape index (κ1) is 16.7. The molecule has 0 aromatic heterocycles. The van der Waals surface area contributed by atoms with Crippen molar-refractivity contribution < 1.29 is 14.3 Å². The molecule has 0 aliphatic carbocycles. The maximum absolute atomic E-state index is 12.7. The number of benzene rings is 1. The lowest BCUT2D eigenvalue weighted by Gasteiger charge is -2.33. The number of carbonyl (C=O) groups excluding carboxylic acids is 2. The molecule has 3 amide bonds. The molecular formula is C18H22ClN3O3. The van der Waals surface area contributed by atoms with Gasteiger partial charge < -0.3 is 19.9 Å². The first-order valence-corrected chi connectivity index (χ1v) is 9.24. The van der Waals surface area contributed by atoms with Crippen LogP contribution in [0.25, 0.3) is 0 Å². The minimum atomic E-state index is -0.192. The van der Waals surface area contributed by atoms with Gasteiger partial charge in [-0.2, -0.15) is 0 Å². The van der Waals surface area contributed by atoms with Crippen molar-refractivity contribution in [2.75, 3.05) is 31.5 Å². The largest absolute Gasteiger partial charge is 0.370 e. The molecule has 4 rings (SSSR count). The quantitative estimate of drug-likeness (QED) is 0.878. The maximum Gasteiger partial charge on any atom is 0.322 e. The molecule has 3 saturated heterocycles. The summed E-state index contributed by atoms with van der Waals surface area (Å²) in [5.41, 5.74) is 0.706. The van der Waals surface area contributed by atoms with Gasteiger partial charge in [0.05, 0.1) is 18.1 Å². The van der Waals surface area contributed by atoms with Crippen molar-refractivity contribution in [2.24, 2.45) is 5.92 Å². The van der Waals surface area contributed by atoms with Gasteiger partial charge in [0.25, 0.3) is 0 Å². The summed E-state index contributed by atoms with van der Waals surface area (Å²) in [6, 6.07) is 6.87. The Morgan fingerprint density at radius 3 is 2.52 bits per heavy atom. The average molecular weight is 364 g/mol. The van der Waals surface area contributed by atoms with E-state index in [0.717, 1.165) is 25.9 Å². The molecule has 1 N–H and O–H groups in total. The highest BCUT2D eigenvalue weighted by Gasteiger charge is 2.47. The van der Waals surface area contributed by atoms with Crippen LogP contribution < -0.4 is 5.32 Å². The second-order valence-corrected chi connectivity index (χ2v) is 7.45. The van der Waals surface area contributed by atoms with Crippen LogP contribution in [0, 0.1) is 5.92 Å². The molecule has 3 aliphatic heterocycles. The minimum absolute atomic E-state index is 0.0497. The zero-order valence-electron chi connectivity index (χ0n) is 14.0. The number of carbonyl (C=O) groups is 2. The summed E-state index contributed by atoms with van der Waals surface area (Å²) in [5.74, 6) is 0.0846. The third kappa shape index (κ3) is 3.46. The number of morpholine rings is 1. The molecule has 3 atom stereocenters. The molecule has 0 unspecified atom stereocenters. The summed E-state index contributed by atoms with van der Waals surface area (Å²) < 4.78 is 5.95. The van der Waals surface area contributed by atoms with E-state index < -0.39 is 0 Å². The Morgan fingerprint density at radius 1 is 1.08 bits per heavy atom. The van der Waals surface area contributed by atoms with E-state index in [1.54, 1.807) is 29.2 Å². The van der Waals surface area contributed by atoms with Crippen molar-refractivity contribution in [1.82, 2.24) is 9.80 Å². The number of urea groups is 1. The average Bonchev–Trinajstić information content (AvgIpc) is 3.24. The number of hydrogen-bond donors (Lipinski definition) is 1. The number of ether oxygens (including phenoxy) is 1. The fraction of sp³-hybridized carbons (Fsp3) is 0.556. The molecule has 7 heteroatoms. The van der Waals surface area contributed by atoms with Gasteiger partial charge in [0.2, 0.25) is 5.91 Å². The first-order valence-electron chi connectivity index (χ1n) is 8.86. The number of halogens is 1. The van der Waals surface area contributed by atoms with Crippen LogP contribution >= 0.6 is 11.6 Å². The number of amides is 3. The van der Waals surface area contributed by atoms with Crippen LogP contribution in [-0.2, 0) is 9.53 Å². The van der Waals surface area contributed by atoms with E-state index in [0.29, 0.717) is 30.2 Å². The molecule has 0 spiro atoms. The summed E-state index contributed by atoms with van der Waals surface area (Å²) in [6.45, 7) is 2.70. The Morgan fingerprint density at radius 2 is 1.80 bits per heavy atom. The normalized spacial score (nSPS) is 28.3. The Balaban J connectivity index is 1.38. The molecule has 25 heavy (non-hydrogen) atoms. The second-order valence-electron chi connectivity index (χ2n) is 7.01. The lowest BCUT2D eigenvalue weighted by atomic mass is 9.99. The van der Waals surface area contributed by atoms with E-state index in [1.807, 2.05) is 4.90 Å². The highest BCUT2D eigenvalue weighted by atomic mass is 35.5. The molecule has 0 saturated carbocycles. The number of rotatable bonds is 2. The van der Waals surface area contributed by atoms with E-state index in [9.17, 15) is 9.59 Å². The topological polar surface area (TPSA) is 61.9 Å². The summed E-state index contributed by atoms with van der Waals surface area (Å²) in [5, 5.41) is 3.51. The molecule has 134 valence electrons. The van der Waals surface area contributed by atoms with Gasteiger partial charge >= 0.3 is 6.03 Å². The van der Waals surface area contributed by atoms with Gasteiger partial charge in [0.15, 0.2) is 0 Å². The fourth-order valence-corrected chi connectivity index (χ4v) is 4.12. The lowest BCUT2D eigenvalue weighted by Crippen LogP contribution is -2.49. The van der Waals surface area contributed by atoms with Crippen LogP contribution in [0.5, 0.6) is 0 Å². The Labute approximate surface area is 152 Å². The van der Waals surface area contributed by atoms with Crippen LogP contribution in [-0.4, -0.2) is 60.1 Å². The third-order valence-corrected chi connectivity index (χ3v) is 5.53. The van der Waals surface area contributed by atoms with Crippen molar-refractivity contribution in [2.45, 2.75) is 31.5 Å². The van der Waals surface area contributed by atoms with Gasteiger partial charge in [-0.15, -0.1) is 0 Å². The molecule has 0 radical (unpaired) electrons. The van der Waals surface area contributed by atoms with Gasteiger partial charge in [-0.05, 0) is 43.5 Å². The number of nitrogens with zero attached hydrogens (tertiary/aromatic N) is 2. The Hall–Kier alpha value is -1.79. The predicted molar refractivity (Wildman–Crippen MR) is 94.6 cm³/mol. The number of fused-ring (bicyclic) bond motifs is 2. The van der Waals surface area contributed by atoms with E-state index in [1.165, 1.54) is 0 Å². The number of anilines is 1. The monoisotopic (exact) mass is 363 g/mol. The summed E-state index contributed by atoms with van der Waals surface area (Å²) in [7, 11) is 0.